The summed E-state index contributed by atoms with van der Waals surface area (Å²) in [5, 5.41) is 3.39. The summed E-state index contributed by atoms with van der Waals surface area (Å²) >= 11 is 0. The molecule has 2 aliphatic rings. The summed E-state index contributed by atoms with van der Waals surface area (Å²) in [6, 6.07) is 5.35. The first-order valence-electron chi connectivity index (χ1n) is 7.55. The van der Waals surface area contributed by atoms with Crippen LogP contribution in [0.25, 0.3) is 0 Å². The van der Waals surface area contributed by atoms with Crippen LogP contribution >= 0.6 is 0 Å². The van der Waals surface area contributed by atoms with Crippen LogP contribution in [0.15, 0.2) is 12.3 Å². The Bertz CT molecular complexity index is 422. The molecule has 5 nitrogen and oxygen atoms in total. The van der Waals surface area contributed by atoms with Gasteiger partial charge in [0.15, 0.2) is 0 Å². The van der Waals surface area contributed by atoms with Crippen LogP contribution in [0.3, 0.4) is 0 Å². The van der Waals surface area contributed by atoms with Crippen LogP contribution in [-0.2, 0) is 6.54 Å². The summed E-state index contributed by atoms with van der Waals surface area (Å²) in [5.41, 5.74) is 1.25. The van der Waals surface area contributed by atoms with Crippen molar-refractivity contribution in [3.63, 3.8) is 0 Å². The second kappa shape index (κ2) is 6.52. The summed E-state index contributed by atoms with van der Waals surface area (Å²) in [4.78, 5) is 11.9. The zero-order chi connectivity index (χ0) is 13.8. The largest absolute Gasteiger partial charge is 0.354 e. The lowest BCUT2D eigenvalue weighted by atomic mass is 10.2. The highest BCUT2D eigenvalue weighted by molar-refractivity contribution is 5.46. The number of hydrogen-bond acceptors (Lipinski definition) is 5. The molecule has 3 rings (SSSR count). The molecular weight excluding hydrogens is 250 g/mol. The molecule has 1 radical (unpaired) electrons. The number of hydrogen-bond donors (Lipinski definition) is 1. The summed E-state index contributed by atoms with van der Waals surface area (Å²) in [7, 11) is 2.19. The minimum Gasteiger partial charge on any atom is -0.354 e. The Morgan fingerprint density at radius 2 is 1.90 bits per heavy atom. The van der Waals surface area contributed by atoms with Gasteiger partial charge in [-0.2, -0.15) is 0 Å². The molecule has 20 heavy (non-hydrogen) atoms. The molecule has 1 aromatic heterocycles. The average Bonchev–Trinajstić information content (AvgIpc) is 2.51. The number of piperazine rings is 2. The fourth-order valence-electron chi connectivity index (χ4n) is 2.88. The van der Waals surface area contributed by atoms with Crippen molar-refractivity contribution in [2.75, 3.05) is 64.3 Å². The number of nitrogens with zero attached hydrogens (tertiary/aromatic N) is 4. The zero-order valence-corrected chi connectivity index (χ0v) is 12.3. The Balaban J connectivity index is 1.69. The molecule has 0 spiro atoms. The molecule has 1 aromatic rings. The fourth-order valence-corrected chi connectivity index (χ4v) is 2.88. The van der Waals surface area contributed by atoms with Crippen molar-refractivity contribution in [2.24, 2.45) is 0 Å². The number of pyridine rings is 1. The predicted octanol–water partition coefficient (Wildman–Crippen LogP) is 0.0388. The van der Waals surface area contributed by atoms with Gasteiger partial charge in [-0.05, 0) is 19.2 Å². The first kappa shape index (κ1) is 13.8. The maximum absolute atomic E-state index is 4.61. The van der Waals surface area contributed by atoms with Gasteiger partial charge in [0, 0.05) is 70.7 Å². The summed E-state index contributed by atoms with van der Waals surface area (Å²) in [5.74, 6) is 1.13. The van der Waals surface area contributed by atoms with Crippen molar-refractivity contribution in [2.45, 2.75) is 6.54 Å². The lowest BCUT2D eigenvalue weighted by Gasteiger charge is -2.34. The maximum Gasteiger partial charge on any atom is 0.133 e. The van der Waals surface area contributed by atoms with Gasteiger partial charge in [-0.3, -0.25) is 4.90 Å². The third-order valence-electron chi connectivity index (χ3n) is 4.19. The molecule has 0 bridgehead atoms. The van der Waals surface area contributed by atoms with Crippen molar-refractivity contribution in [1.82, 2.24) is 20.1 Å². The fraction of sp³-hybridized carbons (Fsp3) is 0.667. The highest BCUT2D eigenvalue weighted by Gasteiger charge is 2.19. The Morgan fingerprint density at radius 1 is 1.15 bits per heavy atom. The van der Waals surface area contributed by atoms with E-state index in [9.17, 15) is 0 Å². The van der Waals surface area contributed by atoms with Gasteiger partial charge < -0.3 is 15.1 Å². The molecule has 0 unspecified atom stereocenters. The first-order chi connectivity index (χ1) is 9.83. The average molecular weight is 274 g/mol. The van der Waals surface area contributed by atoms with Gasteiger partial charge in [0.2, 0.25) is 0 Å². The minimum absolute atomic E-state index is 0.973. The highest BCUT2D eigenvalue weighted by atomic mass is 15.3. The van der Waals surface area contributed by atoms with Crippen LogP contribution in [0.2, 0.25) is 0 Å². The van der Waals surface area contributed by atoms with Crippen molar-refractivity contribution < 1.29 is 0 Å². The van der Waals surface area contributed by atoms with E-state index in [-0.39, 0.29) is 0 Å². The zero-order valence-electron chi connectivity index (χ0n) is 12.3. The van der Waals surface area contributed by atoms with Crippen molar-refractivity contribution in [1.29, 1.82) is 0 Å². The molecule has 0 amide bonds. The van der Waals surface area contributed by atoms with Crippen LogP contribution in [0.4, 0.5) is 5.82 Å². The lowest BCUT2D eigenvalue weighted by molar-refractivity contribution is 0.148. The minimum atomic E-state index is 0.973. The molecule has 3 heterocycles. The van der Waals surface area contributed by atoms with Gasteiger partial charge in [0.25, 0.3) is 0 Å². The number of rotatable bonds is 3. The molecule has 2 aliphatic heterocycles. The molecule has 109 valence electrons. The van der Waals surface area contributed by atoms with Crippen LogP contribution in [0, 0.1) is 6.07 Å². The Hall–Kier alpha value is -1.17. The smallest absolute Gasteiger partial charge is 0.133 e. The van der Waals surface area contributed by atoms with E-state index >= 15 is 0 Å². The van der Waals surface area contributed by atoms with Crippen LogP contribution in [0.5, 0.6) is 0 Å². The van der Waals surface area contributed by atoms with Crippen molar-refractivity contribution >= 4 is 5.82 Å². The summed E-state index contributed by atoms with van der Waals surface area (Å²) in [6.45, 7) is 9.74. The number of nitrogens with one attached hydrogen (secondary N) is 1. The Labute approximate surface area is 121 Å². The monoisotopic (exact) mass is 274 g/mol. The highest BCUT2D eigenvalue weighted by Crippen LogP contribution is 2.19. The topological polar surface area (TPSA) is 34.6 Å². The molecule has 0 saturated carbocycles. The van der Waals surface area contributed by atoms with E-state index in [2.05, 4.69) is 38.1 Å². The third-order valence-corrected chi connectivity index (χ3v) is 4.19. The molecule has 5 heteroatoms. The molecule has 1 N–H and O–H groups in total. The van der Waals surface area contributed by atoms with E-state index in [1.807, 2.05) is 12.3 Å². The third kappa shape index (κ3) is 3.29. The normalized spacial score (nSPS) is 22.1. The lowest BCUT2D eigenvalue weighted by Crippen LogP contribution is -2.45. The van der Waals surface area contributed by atoms with Gasteiger partial charge in [0.1, 0.15) is 5.82 Å². The van der Waals surface area contributed by atoms with Crippen LogP contribution in [0.1, 0.15) is 5.56 Å². The van der Waals surface area contributed by atoms with Gasteiger partial charge in [-0.25, -0.2) is 4.98 Å². The van der Waals surface area contributed by atoms with Gasteiger partial charge >= 0.3 is 0 Å². The van der Waals surface area contributed by atoms with E-state index in [0.29, 0.717) is 0 Å². The quantitative estimate of drug-likeness (QED) is 0.842. The molecule has 2 fully saturated rings. The molecular formula is C15H24N5. The molecule has 2 saturated heterocycles. The number of aromatic nitrogens is 1. The van der Waals surface area contributed by atoms with E-state index in [0.717, 1.165) is 64.7 Å². The van der Waals surface area contributed by atoms with E-state index in [4.69, 9.17) is 0 Å². The maximum atomic E-state index is 4.61. The number of anilines is 1. The Kier molecular flexibility index (Phi) is 4.50. The first-order valence-corrected chi connectivity index (χ1v) is 7.55. The van der Waals surface area contributed by atoms with E-state index in [1.165, 1.54) is 5.56 Å². The second-order valence-electron chi connectivity index (χ2n) is 5.71. The summed E-state index contributed by atoms with van der Waals surface area (Å²) in [6.07, 6.45) is 1.87. The van der Waals surface area contributed by atoms with Gasteiger partial charge in [0.05, 0.1) is 0 Å². The van der Waals surface area contributed by atoms with Crippen molar-refractivity contribution in [3.8, 4) is 0 Å². The summed E-state index contributed by atoms with van der Waals surface area (Å²) < 4.78 is 0. The van der Waals surface area contributed by atoms with Crippen LogP contribution in [-0.4, -0.2) is 74.2 Å². The standard InChI is InChI=1S/C15H24N5/c1-18-9-11-19(12-10-18)13-14-3-2-4-17-15(14)20-7-5-16-6-8-20/h2,4,16H,5-13H2,1H3. The predicted molar refractivity (Wildman–Crippen MR) is 80.9 cm³/mol. The van der Waals surface area contributed by atoms with Crippen LogP contribution < -0.4 is 10.2 Å². The SMILES string of the molecule is CN1CCN(Cc2[c]ccnc2N2CCNCC2)CC1. The van der Waals surface area contributed by atoms with E-state index in [1.54, 1.807) is 0 Å². The molecule has 0 aromatic carbocycles. The number of likely N-dealkylation sites (N-methyl/N-ethyl adjacent to an activating group) is 1. The van der Waals surface area contributed by atoms with Gasteiger partial charge in [-0.1, -0.05) is 0 Å². The van der Waals surface area contributed by atoms with Crippen molar-refractivity contribution in [3.05, 3.63) is 23.9 Å². The van der Waals surface area contributed by atoms with E-state index < -0.39 is 0 Å². The van der Waals surface area contributed by atoms with Gasteiger partial charge in [-0.15, -0.1) is 0 Å². The molecule has 0 atom stereocenters. The Morgan fingerprint density at radius 3 is 2.65 bits per heavy atom. The second-order valence-corrected chi connectivity index (χ2v) is 5.71. The molecule has 0 aliphatic carbocycles.